The highest BCUT2D eigenvalue weighted by atomic mass is 35.5. The monoisotopic (exact) mass is 281 g/mol. The highest BCUT2D eigenvalue weighted by molar-refractivity contribution is 6.30. The second-order valence-electron chi connectivity index (χ2n) is 4.44. The Bertz CT molecular complexity index is 526. The van der Waals surface area contributed by atoms with Crippen LogP contribution >= 0.6 is 11.6 Å². The van der Waals surface area contributed by atoms with E-state index in [1.165, 1.54) is 0 Å². The molecular formula is C13H12ClNO4. The molecule has 1 heterocycles. The number of aliphatic carboxylic acids is 1. The number of carboxylic acids is 1. The largest absolute Gasteiger partial charge is 0.480 e. The lowest BCUT2D eigenvalue weighted by atomic mass is 9.98. The van der Waals surface area contributed by atoms with Gasteiger partial charge in [-0.3, -0.25) is 19.3 Å². The Morgan fingerprint density at radius 3 is 2.53 bits per heavy atom. The van der Waals surface area contributed by atoms with E-state index in [9.17, 15) is 14.4 Å². The van der Waals surface area contributed by atoms with Crippen LogP contribution in [0.2, 0.25) is 5.02 Å². The summed E-state index contributed by atoms with van der Waals surface area (Å²) in [5.74, 6) is -2.50. The standard InChI is InChI=1S/C13H12ClNO4/c14-10-3-1-8(2-4-10)5-9-6-11(16)15(13(9)19)7-12(17)18/h1-4,9H,5-7H2,(H,17,18)/t9-/m0/s1. The number of carbonyl (C=O) groups excluding carboxylic acids is 2. The molecule has 0 saturated carbocycles. The first-order chi connectivity index (χ1) is 8.97. The number of benzene rings is 1. The number of imide groups is 1. The van der Waals surface area contributed by atoms with E-state index < -0.39 is 30.2 Å². The Morgan fingerprint density at radius 2 is 1.95 bits per heavy atom. The summed E-state index contributed by atoms with van der Waals surface area (Å²) in [6.45, 7) is -0.561. The first-order valence-electron chi connectivity index (χ1n) is 5.78. The molecule has 0 aromatic heterocycles. The van der Waals surface area contributed by atoms with Crippen molar-refractivity contribution in [1.82, 2.24) is 4.90 Å². The number of nitrogens with zero attached hydrogens (tertiary/aromatic N) is 1. The first kappa shape index (κ1) is 13.5. The van der Waals surface area contributed by atoms with Crippen molar-refractivity contribution in [3.05, 3.63) is 34.9 Å². The topological polar surface area (TPSA) is 74.7 Å². The van der Waals surface area contributed by atoms with Gasteiger partial charge >= 0.3 is 5.97 Å². The fourth-order valence-corrected chi connectivity index (χ4v) is 2.24. The molecule has 1 aromatic carbocycles. The molecule has 1 saturated heterocycles. The third kappa shape index (κ3) is 3.12. The predicted octanol–water partition coefficient (Wildman–Crippen LogP) is 1.34. The van der Waals surface area contributed by atoms with Crippen molar-refractivity contribution in [2.75, 3.05) is 6.54 Å². The smallest absolute Gasteiger partial charge is 0.323 e. The minimum absolute atomic E-state index is 0.0642. The van der Waals surface area contributed by atoms with Crippen molar-refractivity contribution in [1.29, 1.82) is 0 Å². The highest BCUT2D eigenvalue weighted by Gasteiger charge is 2.39. The summed E-state index contributed by atoms with van der Waals surface area (Å²) < 4.78 is 0. The number of carbonyl (C=O) groups is 3. The van der Waals surface area contributed by atoms with Gasteiger partial charge in [-0.15, -0.1) is 0 Å². The van der Waals surface area contributed by atoms with Crippen LogP contribution in [0.4, 0.5) is 0 Å². The van der Waals surface area contributed by atoms with Gasteiger partial charge in [-0.05, 0) is 24.1 Å². The zero-order valence-corrected chi connectivity index (χ0v) is 10.8. The molecule has 1 atom stereocenters. The summed E-state index contributed by atoms with van der Waals surface area (Å²) in [4.78, 5) is 34.9. The average Bonchev–Trinajstić information content (AvgIpc) is 2.60. The summed E-state index contributed by atoms with van der Waals surface area (Å²) in [6, 6.07) is 7.01. The van der Waals surface area contributed by atoms with Gasteiger partial charge in [0.05, 0.1) is 5.92 Å². The average molecular weight is 282 g/mol. The SMILES string of the molecule is O=C(O)CN1C(=O)C[C@H](Cc2ccc(Cl)cc2)C1=O. The van der Waals surface area contributed by atoms with E-state index in [-0.39, 0.29) is 6.42 Å². The lowest BCUT2D eigenvalue weighted by molar-refractivity contribution is -0.149. The molecular weight excluding hydrogens is 270 g/mol. The summed E-state index contributed by atoms with van der Waals surface area (Å²) >= 11 is 5.77. The second kappa shape index (κ2) is 5.40. The third-order valence-electron chi connectivity index (χ3n) is 3.03. The van der Waals surface area contributed by atoms with Crippen molar-refractivity contribution in [2.24, 2.45) is 5.92 Å². The van der Waals surface area contributed by atoms with Crippen LogP contribution in [-0.2, 0) is 20.8 Å². The molecule has 1 aliphatic heterocycles. The molecule has 1 fully saturated rings. The Balaban J connectivity index is 2.06. The Labute approximate surface area is 114 Å². The van der Waals surface area contributed by atoms with Gasteiger partial charge in [-0.25, -0.2) is 0 Å². The zero-order chi connectivity index (χ0) is 14.0. The summed E-state index contributed by atoms with van der Waals surface area (Å²) in [6.07, 6.45) is 0.479. The minimum Gasteiger partial charge on any atom is -0.480 e. The third-order valence-corrected chi connectivity index (χ3v) is 3.28. The van der Waals surface area contributed by atoms with E-state index in [2.05, 4.69) is 0 Å². The van der Waals surface area contributed by atoms with Crippen molar-refractivity contribution < 1.29 is 19.5 Å². The highest BCUT2D eigenvalue weighted by Crippen LogP contribution is 2.24. The number of hydrogen-bond acceptors (Lipinski definition) is 3. The summed E-state index contributed by atoms with van der Waals surface area (Å²) in [7, 11) is 0. The van der Waals surface area contributed by atoms with Gasteiger partial charge in [0.2, 0.25) is 11.8 Å². The van der Waals surface area contributed by atoms with Crippen LogP contribution in [0.3, 0.4) is 0 Å². The van der Waals surface area contributed by atoms with E-state index >= 15 is 0 Å². The fraction of sp³-hybridized carbons (Fsp3) is 0.308. The van der Waals surface area contributed by atoms with Crippen LogP contribution in [0.5, 0.6) is 0 Å². The predicted molar refractivity (Wildman–Crippen MR) is 67.6 cm³/mol. The maximum absolute atomic E-state index is 11.9. The van der Waals surface area contributed by atoms with Gasteiger partial charge in [-0.2, -0.15) is 0 Å². The molecule has 0 aliphatic carbocycles. The Kier molecular flexibility index (Phi) is 3.85. The maximum Gasteiger partial charge on any atom is 0.323 e. The van der Waals surface area contributed by atoms with Crippen molar-refractivity contribution in [2.45, 2.75) is 12.8 Å². The maximum atomic E-state index is 11.9. The van der Waals surface area contributed by atoms with Crippen LogP contribution < -0.4 is 0 Å². The number of likely N-dealkylation sites (tertiary alicyclic amines) is 1. The lowest BCUT2D eigenvalue weighted by Gasteiger charge is -2.12. The van der Waals surface area contributed by atoms with Crippen molar-refractivity contribution >= 4 is 29.4 Å². The molecule has 1 aromatic rings. The Hall–Kier alpha value is -1.88. The molecule has 0 radical (unpaired) electrons. The zero-order valence-electron chi connectivity index (χ0n) is 10.0. The summed E-state index contributed by atoms with van der Waals surface area (Å²) in [5, 5.41) is 9.26. The van der Waals surface area contributed by atoms with Crippen LogP contribution in [0, 0.1) is 5.92 Å². The molecule has 2 rings (SSSR count). The minimum atomic E-state index is -1.19. The van der Waals surface area contributed by atoms with E-state index in [1.807, 2.05) is 0 Å². The van der Waals surface area contributed by atoms with Gasteiger partial charge < -0.3 is 5.11 Å². The molecule has 6 heteroatoms. The molecule has 1 N–H and O–H groups in total. The molecule has 1 aliphatic rings. The normalized spacial score (nSPS) is 19.0. The van der Waals surface area contributed by atoms with E-state index in [4.69, 9.17) is 16.7 Å². The van der Waals surface area contributed by atoms with E-state index in [0.717, 1.165) is 10.5 Å². The number of carboxylic acid groups (broad SMARTS) is 1. The van der Waals surface area contributed by atoms with Gasteiger partial charge in [0.1, 0.15) is 6.54 Å². The van der Waals surface area contributed by atoms with Crippen molar-refractivity contribution in [3.63, 3.8) is 0 Å². The van der Waals surface area contributed by atoms with E-state index in [0.29, 0.717) is 11.4 Å². The van der Waals surface area contributed by atoms with Crippen LogP contribution in [0.15, 0.2) is 24.3 Å². The van der Waals surface area contributed by atoms with Crippen LogP contribution in [-0.4, -0.2) is 34.3 Å². The van der Waals surface area contributed by atoms with Gasteiger partial charge in [0.15, 0.2) is 0 Å². The fourth-order valence-electron chi connectivity index (χ4n) is 2.12. The number of amides is 2. The second-order valence-corrected chi connectivity index (χ2v) is 4.88. The molecule has 5 nitrogen and oxygen atoms in total. The van der Waals surface area contributed by atoms with Crippen LogP contribution in [0.1, 0.15) is 12.0 Å². The van der Waals surface area contributed by atoms with Gasteiger partial charge in [0.25, 0.3) is 0 Å². The molecule has 19 heavy (non-hydrogen) atoms. The molecule has 0 unspecified atom stereocenters. The van der Waals surface area contributed by atoms with Gasteiger partial charge in [0, 0.05) is 11.4 Å². The quantitative estimate of drug-likeness (QED) is 0.845. The molecule has 0 bridgehead atoms. The number of halogens is 1. The van der Waals surface area contributed by atoms with E-state index in [1.54, 1.807) is 24.3 Å². The molecule has 100 valence electrons. The lowest BCUT2D eigenvalue weighted by Crippen LogP contribution is -2.35. The summed E-state index contributed by atoms with van der Waals surface area (Å²) in [5.41, 5.74) is 0.896. The number of rotatable bonds is 4. The van der Waals surface area contributed by atoms with Crippen LogP contribution in [0.25, 0.3) is 0 Å². The van der Waals surface area contributed by atoms with Crippen molar-refractivity contribution in [3.8, 4) is 0 Å². The molecule has 0 spiro atoms. The first-order valence-corrected chi connectivity index (χ1v) is 6.15. The van der Waals surface area contributed by atoms with Gasteiger partial charge in [-0.1, -0.05) is 23.7 Å². The Morgan fingerprint density at radius 1 is 1.32 bits per heavy atom. The molecule has 2 amide bonds. The number of hydrogen-bond donors (Lipinski definition) is 1.